The first-order valence-electron chi connectivity index (χ1n) is 6.31. The summed E-state index contributed by atoms with van der Waals surface area (Å²) in [5.41, 5.74) is 2.39. The Morgan fingerprint density at radius 2 is 1.95 bits per heavy atom. The molecule has 0 saturated heterocycles. The van der Waals surface area contributed by atoms with Crippen LogP contribution in [0, 0.1) is 5.82 Å². The fourth-order valence-corrected chi connectivity index (χ4v) is 2.25. The number of aliphatic hydroxyl groups is 1. The third-order valence-electron chi connectivity index (χ3n) is 3.19. The van der Waals surface area contributed by atoms with Crippen molar-refractivity contribution in [2.45, 2.75) is 25.9 Å². The molecule has 0 amide bonds. The number of aliphatic hydroxyl groups excluding tert-OH is 1. The molecule has 1 unspecified atom stereocenters. The molecule has 100 valence electrons. The lowest BCUT2D eigenvalue weighted by atomic mass is 9.99. The van der Waals surface area contributed by atoms with E-state index >= 15 is 0 Å². The molecule has 2 aromatic carbocycles. The Bertz CT molecular complexity index is 568. The number of benzene rings is 2. The van der Waals surface area contributed by atoms with Crippen molar-refractivity contribution in [2.75, 3.05) is 0 Å². The predicted octanol–water partition coefficient (Wildman–Crippen LogP) is 4.32. The molecule has 0 heterocycles. The summed E-state index contributed by atoms with van der Waals surface area (Å²) in [7, 11) is 0. The average Bonchev–Trinajstić information content (AvgIpc) is 2.44. The number of aryl methyl sites for hydroxylation is 1. The number of hydrogen-bond acceptors (Lipinski definition) is 1. The van der Waals surface area contributed by atoms with Crippen LogP contribution in [0.4, 0.5) is 4.39 Å². The highest BCUT2D eigenvalue weighted by Crippen LogP contribution is 2.24. The number of hydrogen-bond donors (Lipinski definition) is 1. The van der Waals surface area contributed by atoms with E-state index in [4.69, 9.17) is 11.6 Å². The van der Waals surface area contributed by atoms with Gasteiger partial charge in [-0.25, -0.2) is 4.39 Å². The highest BCUT2D eigenvalue weighted by atomic mass is 35.5. The van der Waals surface area contributed by atoms with Crippen molar-refractivity contribution < 1.29 is 9.50 Å². The van der Waals surface area contributed by atoms with E-state index in [1.54, 1.807) is 12.1 Å². The van der Waals surface area contributed by atoms with Gasteiger partial charge in [-0.15, -0.1) is 0 Å². The van der Waals surface area contributed by atoms with Crippen LogP contribution in [-0.4, -0.2) is 5.11 Å². The zero-order valence-electron chi connectivity index (χ0n) is 10.7. The molecule has 19 heavy (non-hydrogen) atoms. The Morgan fingerprint density at radius 1 is 1.21 bits per heavy atom. The summed E-state index contributed by atoms with van der Waals surface area (Å²) in [6.07, 6.45) is 0.408. The molecule has 3 heteroatoms. The molecule has 2 aromatic rings. The summed E-state index contributed by atoms with van der Waals surface area (Å²) in [6.45, 7) is 2.06. The minimum atomic E-state index is -0.723. The molecule has 0 saturated carbocycles. The van der Waals surface area contributed by atoms with Gasteiger partial charge in [0.05, 0.1) is 11.1 Å². The van der Waals surface area contributed by atoms with Crippen molar-refractivity contribution in [1.82, 2.24) is 0 Å². The smallest absolute Gasteiger partial charge is 0.145 e. The Morgan fingerprint density at radius 3 is 2.68 bits per heavy atom. The molecule has 0 spiro atoms. The van der Waals surface area contributed by atoms with Gasteiger partial charge in [-0.05, 0) is 29.2 Å². The molecule has 2 rings (SSSR count). The van der Waals surface area contributed by atoms with Crippen LogP contribution in [-0.2, 0) is 12.8 Å². The standard InChI is InChI=1S/C16H16ClFO/c1-2-11-5-3-6-12(9-11)15(19)10-13-7-4-8-14(17)16(13)18/h3-9,15,19H,2,10H2,1H3. The van der Waals surface area contributed by atoms with E-state index in [1.165, 1.54) is 6.07 Å². The van der Waals surface area contributed by atoms with E-state index in [2.05, 4.69) is 6.92 Å². The van der Waals surface area contributed by atoms with Crippen molar-refractivity contribution in [2.24, 2.45) is 0 Å². The van der Waals surface area contributed by atoms with Gasteiger partial charge in [0.15, 0.2) is 0 Å². The molecule has 0 bridgehead atoms. The lowest BCUT2D eigenvalue weighted by Gasteiger charge is -2.13. The molecular formula is C16H16ClFO. The highest BCUT2D eigenvalue weighted by molar-refractivity contribution is 6.30. The molecule has 0 aliphatic rings. The Balaban J connectivity index is 2.20. The summed E-state index contributed by atoms with van der Waals surface area (Å²) < 4.78 is 13.8. The number of rotatable bonds is 4. The molecular weight excluding hydrogens is 263 g/mol. The second kappa shape index (κ2) is 6.18. The zero-order valence-corrected chi connectivity index (χ0v) is 11.5. The Hall–Kier alpha value is -1.38. The summed E-state index contributed by atoms with van der Waals surface area (Å²) in [4.78, 5) is 0. The first-order valence-corrected chi connectivity index (χ1v) is 6.69. The van der Waals surface area contributed by atoms with Gasteiger partial charge in [0.2, 0.25) is 0 Å². The fraction of sp³-hybridized carbons (Fsp3) is 0.250. The zero-order chi connectivity index (χ0) is 13.8. The van der Waals surface area contributed by atoms with Gasteiger partial charge in [0, 0.05) is 6.42 Å². The maximum Gasteiger partial charge on any atom is 0.145 e. The van der Waals surface area contributed by atoms with Gasteiger partial charge in [-0.1, -0.05) is 54.9 Å². The van der Waals surface area contributed by atoms with Gasteiger partial charge in [0.1, 0.15) is 5.82 Å². The monoisotopic (exact) mass is 278 g/mol. The lowest BCUT2D eigenvalue weighted by Crippen LogP contribution is -2.04. The summed E-state index contributed by atoms with van der Waals surface area (Å²) in [5, 5.41) is 10.3. The van der Waals surface area contributed by atoms with E-state index in [-0.39, 0.29) is 11.4 Å². The first kappa shape index (κ1) is 14.0. The normalized spacial score (nSPS) is 12.4. The molecule has 0 fully saturated rings. The van der Waals surface area contributed by atoms with Gasteiger partial charge in [-0.2, -0.15) is 0 Å². The van der Waals surface area contributed by atoms with Crippen molar-refractivity contribution >= 4 is 11.6 Å². The summed E-state index contributed by atoms with van der Waals surface area (Å²) in [6, 6.07) is 12.6. The van der Waals surface area contributed by atoms with Gasteiger partial charge in [-0.3, -0.25) is 0 Å². The molecule has 0 aliphatic carbocycles. The largest absolute Gasteiger partial charge is 0.388 e. The van der Waals surface area contributed by atoms with Crippen molar-refractivity contribution in [3.8, 4) is 0 Å². The second-order valence-electron chi connectivity index (χ2n) is 4.53. The quantitative estimate of drug-likeness (QED) is 0.883. The predicted molar refractivity (Wildman–Crippen MR) is 75.9 cm³/mol. The van der Waals surface area contributed by atoms with E-state index in [0.29, 0.717) is 5.56 Å². The Labute approximate surface area is 117 Å². The minimum Gasteiger partial charge on any atom is -0.388 e. The Kier molecular flexibility index (Phi) is 4.56. The summed E-state index contributed by atoms with van der Waals surface area (Å²) in [5.74, 6) is -0.449. The molecule has 0 aromatic heterocycles. The van der Waals surface area contributed by atoms with Gasteiger partial charge < -0.3 is 5.11 Å². The second-order valence-corrected chi connectivity index (χ2v) is 4.94. The SMILES string of the molecule is CCc1cccc(C(O)Cc2cccc(Cl)c2F)c1. The fourth-order valence-electron chi connectivity index (χ4n) is 2.05. The van der Waals surface area contributed by atoms with Crippen molar-refractivity contribution in [3.63, 3.8) is 0 Å². The maximum atomic E-state index is 13.8. The molecule has 1 atom stereocenters. The van der Waals surface area contributed by atoms with Crippen LogP contribution in [0.5, 0.6) is 0 Å². The van der Waals surface area contributed by atoms with E-state index in [1.807, 2.05) is 24.3 Å². The molecule has 1 N–H and O–H groups in total. The van der Waals surface area contributed by atoms with Crippen LogP contribution in [0.3, 0.4) is 0 Å². The third-order valence-corrected chi connectivity index (χ3v) is 3.48. The number of halogens is 2. The first-order chi connectivity index (χ1) is 9.11. The van der Waals surface area contributed by atoms with Crippen LogP contribution in [0.2, 0.25) is 5.02 Å². The van der Waals surface area contributed by atoms with Crippen molar-refractivity contribution in [3.05, 3.63) is 70.0 Å². The van der Waals surface area contributed by atoms with E-state index in [0.717, 1.165) is 17.5 Å². The third kappa shape index (κ3) is 3.34. The van der Waals surface area contributed by atoms with Gasteiger partial charge in [0.25, 0.3) is 0 Å². The van der Waals surface area contributed by atoms with Crippen LogP contribution >= 0.6 is 11.6 Å². The molecule has 1 nitrogen and oxygen atoms in total. The van der Waals surface area contributed by atoms with Crippen LogP contribution < -0.4 is 0 Å². The van der Waals surface area contributed by atoms with E-state index in [9.17, 15) is 9.50 Å². The van der Waals surface area contributed by atoms with Crippen LogP contribution in [0.25, 0.3) is 0 Å². The minimum absolute atomic E-state index is 0.0898. The topological polar surface area (TPSA) is 20.2 Å². The van der Waals surface area contributed by atoms with Crippen LogP contribution in [0.1, 0.15) is 29.7 Å². The van der Waals surface area contributed by atoms with Crippen LogP contribution in [0.15, 0.2) is 42.5 Å². The average molecular weight is 279 g/mol. The highest BCUT2D eigenvalue weighted by Gasteiger charge is 2.13. The molecule has 0 radical (unpaired) electrons. The summed E-state index contributed by atoms with van der Waals surface area (Å²) >= 11 is 5.73. The lowest BCUT2D eigenvalue weighted by molar-refractivity contribution is 0.177. The van der Waals surface area contributed by atoms with Gasteiger partial charge >= 0.3 is 0 Å². The molecule has 0 aliphatic heterocycles. The van der Waals surface area contributed by atoms with E-state index < -0.39 is 11.9 Å². The van der Waals surface area contributed by atoms with Crippen molar-refractivity contribution in [1.29, 1.82) is 0 Å². The maximum absolute atomic E-state index is 13.8.